The molecule has 3 rings (SSSR count). The topological polar surface area (TPSA) is 110 Å². The molecule has 1 heterocycles. The number of aryl methyl sites for hydroxylation is 2. The molecule has 0 saturated carbocycles. The lowest BCUT2D eigenvalue weighted by atomic mass is 10.1. The molecule has 0 bridgehead atoms. The van der Waals surface area contributed by atoms with Crippen molar-refractivity contribution in [1.29, 1.82) is 0 Å². The van der Waals surface area contributed by atoms with E-state index in [1.165, 1.54) is 24.3 Å². The van der Waals surface area contributed by atoms with Gasteiger partial charge in [-0.05, 0) is 49.2 Å². The van der Waals surface area contributed by atoms with Gasteiger partial charge in [0.25, 0.3) is 0 Å². The van der Waals surface area contributed by atoms with Gasteiger partial charge in [-0.25, -0.2) is 13.2 Å². The number of aromatic carboxylic acids is 1. The number of rotatable bonds is 5. The molecule has 0 amide bonds. The highest BCUT2D eigenvalue weighted by molar-refractivity contribution is 7.91. The van der Waals surface area contributed by atoms with Crippen molar-refractivity contribution >= 4 is 32.6 Å². The van der Waals surface area contributed by atoms with Crippen LogP contribution in [0.15, 0.2) is 40.9 Å². The molecule has 3 aromatic rings. The highest BCUT2D eigenvalue weighted by Gasteiger charge is 2.16. The zero-order valence-corrected chi connectivity index (χ0v) is 14.4. The van der Waals surface area contributed by atoms with Gasteiger partial charge >= 0.3 is 5.97 Å². The summed E-state index contributed by atoms with van der Waals surface area (Å²) >= 11 is 0. The lowest BCUT2D eigenvalue weighted by Gasteiger charge is -2.11. The van der Waals surface area contributed by atoms with Gasteiger partial charge < -0.3 is 9.63 Å². The molecule has 0 radical (unpaired) electrons. The standard InChI is InChI=1S/C17H16N2O5S/c1-10-7-16-14(11(2)18-24-16)8-15(10)19-25(22,23)9-12-3-5-13(6-4-12)17(20)21/h3-8,19H,9H2,1-2H3,(H,20,21). The summed E-state index contributed by atoms with van der Waals surface area (Å²) in [6, 6.07) is 9.16. The first kappa shape index (κ1) is 17.0. The summed E-state index contributed by atoms with van der Waals surface area (Å²) in [7, 11) is -3.66. The van der Waals surface area contributed by atoms with E-state index >= 15 is 0 Å². The van der Waals surface area contributed by atoms with Crippen LogP contribution in [0.25, 0.3) is 11.0 Å². The predicted molar refractivity (Wildman–Crippen MR) is 93.1 cm³/mol. The second kappa shape index (κ2) is 6.21. The maximum atomic E-state index is 12.4. The van der Waals surface area contributed by atoms with Crippen LogP contribution >= 0.6 is 0 Å². The number of nitrogens with zero attached hydrogens (tertiary/aromatic N) is 1. The van der Waals surface area contributed by atoms with Crippen LogP contribution < -0.4 is 4.72 Å². The average molecular weight is 360 g/mol. The normalized spacial score (nSPS) is 11.6. The van der Waals surface area contributed by atoms with Crippen LogP contribution in [0.1, 0.15) is 27.2 Å². The smallest absolute Gasteiger partial charge is 0.335 e. The summed E-state index contributed by atoms with van der Waals surface area (Å²) in [6.45, 7) is 3.56. The van der Waals surface area contributed by atoms with Gasteiger partial charge in [0.1, 0.15) is 0 Å². The third kappa shape index (κ3) is 3.63. The number of hydrogen-bond donors (Lipinski definition) is 2. The Bertz CT molecular complexity index is 1050. The van der Waals surface area contributed by atoms with E-state index in [9.17, 15) is 13.2 Å². The number of sulfonamides is 1. The molecule has 0 aliphatic rings. The fourth-order valence-electron chi connectivity index (χ4n) is 2.48. The van der Waals surface area contributed by atoms with Gasteiger partial charge in [-0.2, -0.15) is 0 Å². The Morgan fingerprint density at radius 1 is 1.20 bits per heavy atom. The van der Waals surface area contributed by atoms with E-state index in [1.807, 2.05) is 0 Å². The fourth-order valence-corrected chi connectivity index (χ4v) is 3.74. The Labute approximate surface area is 144 Å². The number of nitrogens with one attached hydrogen (secondary N) is 1. The molecule has 0 atom stereocenters. The summed E-state index contributed by atoms with van der Waals surface area (Å²) < 4.78 is 32.6. The Morgan fingerprint density at radius 2 is 1.88 bits per heavy atom. The largest absolute Gasteiger partial charge is 0.478 e. The van der Waals surface area contributed by atoms with Gasteiger partial charge in [-0.1, -0.05) is 17.3 Å². The number of anilines is 1. The minimum absolute atomic E-state index is 0.110. The van der Waals surface area contributed by atoms with E-state index in [-0.39, 0.29) is 11.3 Å². The number of carboxylic acids is 1. The minimum atomic E-state index is -3.66. The van der Waals surface area contributed by atoms with E-state index in [1.54, 1.807) is 26.0 Å². The zero-order valence-electron chi connectivity index (χ0n) is 13.6. The van der Waals surface area contributed by atoms with Crippen molar-refractivity contribution in [3.63, 3.8) is 0 Å². The molecule has 0 aliphatic heterocycles. The Morgan fingerprint density at radius 3 is 2.52 bits per heavy atom. The maximum Gasteiger partial charge on any atom is 0.335 e. The summed E-state index contributed by atoms with van der Waals surface area (Å²) in [4.78, 5) is 10.8. The molecule has 25 heavy (non-hydrogen) atoms. The first-order valence-electron chi connectivity index (χ1n) is 7.44. The SMILES string of the molecule is Cc1cc2onc(C)c2cc1NS(=O)(=O)Cc1ccc(C(=O)O)cc1. The lowest BCUT2D eigenvalue weighted by molar-refractivity contribution is 0.0697. The first-order chi connectivity index (χ1) is 11.7. The van der Waals surface area contributed by atoms with Crippen LogP contribution in [0, 0.1) is 13.8 Å². The number of carboxylic acid groups (broad SMARTS) is 1. The molecule has 130 valence electrons. The Hall–Kier alpha value is -2.87. The van der Waals surface area contributed by atoms with Gasteiger partial charge in [0.15, 0.2) is 5.58 Å². The van der Waals surface area contributed by atoms with Gasteiger partial charge in [0.2, 0.25) is 10.0 Å². The average Bonchev–Trinajstić information content (AvgIpc) is 2.88. The number of hydrogen-bond acceptors (Lipinski definition) is 5. The third-order valence-corrected chi connectivity index (χ3v) is 5.06. The predicted octanol–water partition coefficient (Wildman–Crippen LogP) is 3.08. The summed E-state index contributed by atoms with van der Waals surface area (Å²) in [6.07, 6.45) is 0. The summed E-state index contributed by atoms with van der Waals surface area (Å²) in [5, 5.41) is 13.5. The zero-order chi connectivity index (χ0) is 18.2. The van der Waals surface area contributed by atoms with Crippen molar-refractivity contribution in [2.75, 3.05) is 4.72 Å². The van der Waals surface area contributed by atoms with Crippen LogP contribution in [0.3, 0.4) is 0 Å². The van der Waals surface area contributed by atoms with Crippen LogP contribution in [-0.2, 0) is 15.8 Å². The van der Waals surface area contributed by atoms with Gasteiger partial charge in [-0.15, -0.1) is 0 Å². The van der Waals surface area contributed by atoms with Crippen LogP contribution in [0.5, 0.6) is 0 Å². The maximum absolute atomic E-state index is 12.4. The highest BCUT2D eigenvalue weighted by atomic mass is 32.2. The number of benzene rings is 2. The van der Waals surface area contributed by atoms with Gasteiger partial charge in [0.05, 0.1) is 22.7 Å². The van der Waals surface area contributed by atoms with E-state index in [2.05, 4.69) is 9.88 Å². The molecule has 1 aromatic heterocycles. The lowest BCUT2D eigenvalue weighted by Crippen LogP contribution is -2.16. The Kier molecular flexibility index (Phi) is 4.22. The van der Waals surface area contributed by atoms with E-state index in [0.717, 1.165) is 5.39 Å². The van der Waals surface area contributed by atoms with Crippen molar-refractivity contribution in [1.82, 2.24) is 5.16 Å². The molecule has 0 saturated heterocycles. The van der Waals surface area contributed by atoms with E-state index < -0.39 is 16.0 Å². The van der Waals surface area contributed by atoms with Crippen LogP contribution in [0.4, 0.5) is 5.69 Å². The third-order valence-electron chi connectivity index (χ3n) is 3.82. The second-order valence-corrected chi connectivity index (χ2v) is 7.52. The molecule has 0 fully saturated rings. The van der Waals surface area contributed by atoms with Crippen molar-refractivity contribution < 1.29 is 22.8 Å². The molecule has 0 aliphatic carbocycles. The van der Waals surface area contributed by atoms with Gasteiger partial charge in [0, 0.05) is 5.39 Å². The molecule has 0 unspecified atom stereocenters. The van der Waals surface area contributed by atoms with Crippen molar-refractivity contribution in [3.05, 3.63) is 58.8 Å². The van der Waals surface area contributed by atoms with Crippen molar-refractivity contribution in [2.45, 2.75) is 19.6 Å². The fraction of sp³-hybridized carbons (Fsp3) is 0.176. The van der Waals surface area contributed by atoms with Gasteiger partial charge in [-0.3, -0.25) is 4.72 Å². The molecule has 2 aromatic carbocycles. The quantitative estimate of drug-likeness (QED) is 0.723. The second-order valence-electron chi connectivity index (χ2n) is 5.79. The number of aromatic nitrogens is 1. The van der Waals surface area contributed by atoms with Crippen molar-refractivity contribution in [2.24, 2.45) is 0 Å². The monoisotopic (exact) mass is 360 g/mol. The van der Waals surface area contributed by atoms with Crippen LogP contribution in [-0.4, -0.2) is 24.7 Å². The summed E-state index contributed by atoms with van der Waals surface area (Å²) in [5.74, 6) is -1.31. The van der Waals surface area contributed by atoms with Crippen LogP contribution in [0.2, 0.25) is 0 Å². The summed E-state index contributed by atoms with van der Waals surface area (Å²) in [5.41, 5.74) is 3.06. The molecular weight excluding hydrogens is 344 g/mol. The van der Waals surface area contributed by atoms with E-state index in [0.29, 0.717) is 28.1 Å². The number of fused-ring (bicyclic) bond motifs is 1. The first-order valence-corrected chi connectivity index (χ1v) is 9.10. The molecule has 2 N–H and O–H groups in total. The minimum Gasteiger partial charge on any atom is -0.478 e. The molecule has 8 heteroatoms. The van der Waals surface area contributed by atoms with E-state index in [4.69, 9.17) is 9.63 Å². The van der Waals surface area contributed by atoms with Crippen molar-refractivity contribution in [3.8, 4) is 0 Å². The number of carbonyl (C=O) groups is 1. The molecule has 7 nitrogen and oxygen atoms in total. The molecule has 0 spiro atoms. The Balaban J connectivity index is 1.84. The molecular formula is C17H16N2O5S. The highest BCUT2D eigenvalue weighted by Crippen LogP contribution is 2.27.